The van der Waals surface area contributed by atoms with Crippen LogP contribution in [0.5, 0.6) is 0 Å². The first-order chi connectivity index (χ1) is 6.75. The smallest absolute Gasteiger partial charge is 0.0426 e. The lowest BCUT2D eigenvalue weighted by Gasteiger charge is -2.26. The zero-order valence-electron chi connectivity index (χ0n) is 8.28. The minimum Gasteiger partial charge on any atom is -0.368 e. The molecular formula is C12H14ClN. The topological polar surface area (TPSA) is 3.24 Å². The van der Waals surface area contributed by atoms with E-state index in [-0.39, 0.29) is 0 Å². The maximum absolute atomic E-state index is 5.99. The van der Waals surface area contributed by atoms with Gasteiger partial charge >= 0.3 is 0 Å². The van der Waals surface area contributed by atoms with Gasteiger partial charge in [0.1, 0.15) is 0 Å². The van der Waals surface area contributed by atoms with Gasteiger partial charge in [-0.1, -0.05) is 17.7 Å². The Morgan fingerprint density at radius 3 is 2.93 bits per heavy atom. The Morgan fingerprint density at radius 1 is 1.43 bits per heavy atom. The number of hydrogen-bond donors (Lipinski definition) is 0. The van der Waals surface area contributed by atoms with Gasteiger partial charge in [0, 0.05) is 23.3 Å². The molecule has 1 heterocycles. The van der Waals surface area contributed by atoms with Crippen LogP contribution in [-0.2, 0) is 0 Å². The number of anilines is 1. The van der Waals surface area contributed by atoms with Crippen molar-refractivity contribution in [1.29, 1.82) is 0 Å². The van der Waals surface area contributed by atoms with E-state index in [0.29, 0.717) is 6.04 Å². The average molecular weight is 208 g/mol. The Morgan fingerprint density at radius 2 is 2.29 bits per heavy atom. The molecule has 1 saturated heterocycles. The summed E-state index contributed by atoms with van der Waals surface area (Å²) in [5.74, 6) is 1.91. The van der Waals surface area contributed by atoms with Crippen LogP contribution in [-0.4, -0.2) is 12.6 Å². The first-order valence-electron chi connectivity index (χ1n) is 5.28. The number of nitrogens with zero attached hydrogens (tertiary/aromatic N) is 1. The lowest BCUT2D eigenvalue weighted by atomic mass is 10.2. The van der Waals surface area contributed by atoms with Crippen LogP contribution in [0.25, 0.3) is 0 Å². The van der Waals surface area contributed by atoms with Crippen LogP contribution in [0, 0.1) is 11.8 Å². The Balaban J connectivity index is 1.89. The molecule has 3 atom stereocenters. The molecule has 1 aliphatic heterocycles. The molecular weight excluding hydrogens is 194 g/mol. The van der Waals surface area contributed by atoms with Crippen molar-refractivity contribution in [3.05, 3.63) is 29.3 Å². The molecule has 0 aromatic heterocycles. The largest absolute Gasteiger partial charge is 0.368 e. The van der Waals surface area contributed by atoms with Gasteiger partial charge in [-0.25, -0.2) is 0 Å². The highest BCUT2D eigenvalue weighted by Gasteiger charge is 2.50. The van der Waals surface area contributed by atoms with Crippen molar-refractivity contribution in [2.75, 3.05) is 11.4 Å². The number of halogens is 1. The molecule has 1 aromatic rings. The third-order valence-corrected chi connectivity index (χ3v) is 3.89. The van der Waals surface area contributed by atoms with E-state index in [9.17, 15) is 0 Å². The second-order valence-corrected chi connectivity index (χ2v) is 4.97. The molecule has 0 spiro atoms. The Bertz CT molecular complexity index is 363. The third-order valence-electron chi connectivity index (χ3n) is 3.66. The lowest BCUT2D eigenvalue weighted by Crippen LogP contribution is -2.30. The van der Waals surface area contributed by atoms with Crippen molar-refractivity contribution in [3.8, 4) is 0 Å². The lowest BCUT2D eigenvalue weighted by molar-refractivity contribution is 0.648. The number of hydrogen-bond acceptors (Lipinski definition) is 1. The van der Waals surface area contributed by atoms with Gasteiger partial charge in [-0.2, -0.15) is 0 Å². The van der Waals surface area contributed by atoms with Gasteiger partial charge in [-0.15, -0.1) is 0 Å². The van der Waals surface area contributed by atoms with Crippen molar-refractivity contribution in [2.45, 2.75) is 19.4 Å². The van der Waals surface area contributed by atoms with Crippen molar-refractivity contribution in [2.24, 2.45) is 11.8 Å². The zero-order valence-corrected chi connectivity index (χ0v) is 9.04. The summed E-state index contributed by atoms with van der Waals surface area (Å²) in [6.07, 6.45) is 1.44. The highest BCUT2D eigenvalue weighted by molar-refractivity contribution is 6.30. The molecule has 2 fully saturated rings. The van der Waals surface area contributed by atoms with Gasteiger partial charge in [0.2, 0.25) is 0 Å². The molecule has 74 valence electrons. The molecule has 1 aliphatic carbocycles. The number of rotatable bonds is 1. The quantitative estimate of drug-likeness (QED) is 0.684. The van der Waals surface area contributed by atoms with Crippen molar-refractivity contribution >= 4 is 17.3 Å². The standard InChI is InChI=1S/C12H14ClN/c1-8-12-5-9(12)7-14(8)11-4-2-3-10(13)6-11/h2-4,6,8-9,12H,5,7H2,1H3. The van der Waals surface area contributed by atoms with E-state index in [4.69, 9.17) is 11.6 Å². The fraction of sp³-hybridized carbons (Fsp3) is 0.500. The van der Waals surface area contributed by atoms with E-state index < -0.39 is 0 Å². The van der Waals surface area contributed by atoms with Crippen LogP contribution in [0.4, 0.5) is 5.69 Å². The summed E-state index contributed by atoms with van der Waals surface area (Å²) in [5.41, 5.74) is 1.29. The highest BCUT2D eigenvalue weighted by Crippen LogP contribution is 2.50. The average Bonchev–Trinajstić information content (AvgIpc) is 2.86. The van der Waals surface area contributed by atoms with Crippen LogP contribution in [0.2, 0.25) is 5.02 Å². The normalized spacial score (nSPS) is 34.4. The summed E-state index contributed by atoms with van der Waals surface area (Å²) in [5, 5.41) is 0.843. The molecule has 3 rings (SSSR count). The monoisotopic (exact) mass is 207 g/mol. The van der Waals surface area contributed by atoms with Crippen molar-refractivity contribution < 1.29 is 0 Å². The van der Waals surface area contributed by atoms with E-state index in [1.54, 1.807) is 0 Å². The van der Waals surface area contributed by atoms with E-state index in [1.165, 1.54) is 18.7 Å². The molecule has 0 N–H and O–H groups in total. The molecule has 0 radical (unpaired) electrons. The molecule has 2 aliphatic rings. The first kappa shape index (κ1) is 8.60. The second kappa shape index (κ2) is 2.90. The molecule has 0 bridgehead atoms. The van der Waals surface area contributed by atoms with E-state index >= 15 is 0 Å². The maximum Gasteiger partial charge on any atom is 0.0426 e. The summed E-state index contributed by atoms with van der Waals surface area (Å²) >= 11 is 5.99. The molecule has 1 saturated carbocycles. The van der Waals surface area contributed by atoms with Gasteiger partial charge in [-0.3, -0.25) is 0 Å². The Kier molecular flexibility index (Phi) is 1.78. The van der Waals surface area contributed by atoms with Crippen LogP contribution >= 0.6 is 11.6 Å². The molecule has 0 amide bonds. The molecule has 3 unspecified atom stereocenters. The van der Waals surface area contributed by atoms with Crippen LogP contribution in [0.3, 0.4) is 0 Å². The molecule has 1 aromatic carbocycles. The summed E-state index contributed by atoms with van der Waals surface area (Å²) < 4.78 is 0. The predicted molar refractivity (Wildman–Crippen MR) is 59.9 cm³/mol. The molecule has 14 heavy (non-hydrogen) atoms. The fourth-order valence-corrected chi connectivity index (χ4v) is 2.90. The number of benzene rings is 1. The van der Waals surface area contributed by atoms with Gasteiger partial charge in [-0.05, 0) is 43.4 Å². The first-order valence-corrected chi connectivity index (χ1v) is 5.66. The van der Waals surface area contributed by atoms with Gasteiger partial charge in [0.25, 0.3) is 0 Å². The number of fused-ring (bicyclic) bond motifs is 1. The Hall–Kier alpha value is -0.690. The van der Waals surface area contributed by atoms with Gasteiger partial charge < -0.3 is 4.90 Å². The van der Waals surface area contributed by atoms with Crippen LogP contribution in [0.1, 0.15) is 13.3 Å². The van der Waals surface area contributed by atoms with Gasteiger partial charge in [0.15, 0.2) is 0 Å². The predicted octanol–water partition coefficient (Wildman–Crippen LogP) is 3.18. The van der Waals surface area contributed by atoms with Crippen LogP contribution in [0.15, 0.2) is 24.3 Å². The summed E-state index contributed by atoms with van der Waals surface area (Å²) in [7, 11) is 0. The molecule has 1 nitrogen and oxygen atoms in total. The van der Waals surface area contributed by atoms with Crippen LogP contribution < -0.4 is 4.90 Å². The second-order valence-electron chi connectivity index (χ2n) is 4.53. The Labute approximate surface area is 89.7 Å². The minimum atomic E-state index is 0.707. The van der Waals surface area contributed by atoms with E-state index in [1.807, 2.05) is 12.1 Å². The summed E-state index contributed by atoms with van der Waals surface area (Å²) in [4.78, 5) is 2.49. The zero-order chi connectivity index (χ0) is 9.71. The highest BCUT2D eigenvalue weighted by atomic mass is 35.5. The fourth-order valence-electron chi connectivity index (χ4n) is 2.72. The van der Waals surface area contributed by atoms with E-state index in [2.05, 4.69) is 24.0 Å². The van der Waals surface area contributed by atoms with Crippen molar-refractivity contribution in [1.82, 2.24) is 0 Å². The molecule has 2 heteroatoms. The minimum absolute atomic E-state index is 0.707. The SMILES string of the molecule is CC1C2CC2CN1c1cccc(Cl)c1. The third kappa shape index (κ3) is 1.23. The van der Waals surface area contributed by atoms with E-state index in [0.717, 1.165) is 16.9 Å². The van der Waals surface area contributed by atoms with Crippen molar-refractivity contribution in [3.63, 3.8) is 0 Å². The van der Waals surface area contributed by atoms with Gasteiger partial charge in [0.05, 0.1) is 0 Å². The summed E-state index contributed by atoms with van der Waals surface area (Å²) in [6, 6.07) is 8.91. The summed E-state index contributed by atoms with van der Waals surface area (Å²) in [6.45, 7) is 3.56. The number of piperidine rings is 1. The maximum atomic E-state index is 5.99.